The van der Waals surface area contributed by atoms with Crippen molar-refractivity contribution < 1.29 is 4.79 Å². The van der Waals surface area contributed by atoms with Crippen molar-refractivity contribution in [2.75, 3.05) is 5.32 Å². The highest BCUT2D eigenvalue weighted by Crippen LogP contribution is 2.18. The Hall–Kier alpha value is -3.47. The molecule has 0 aliphatic carbocycles. The minimum atomic E-state index is -0.267. The van der Waals surface area contributed by atoms with Crippen LogP contribution in [0.1, 0.15) is 5.56 Å². The number of hydrogen-bond donors (Lipinski definition) is 1. The van der Waals surface area contributed by atoms with Gasteiger partial charge in [0.05, 0.1) is 17.2 Å². The molecule has 5 heteroatoms. The fraction of sp³-hybridized carbons (Fsp3) is 0.0952. The van der Waals surface area contributed by atoms with Crippen molar-refractivity contribution in [3.8, 4) is 0 Å². The molecular weight excluding hydrogens is 326 g/mol. The maximum atomic E-state index is 12.6. The first-order valence-corrected chi connectivity index (χ1v) is 8.35. The Balaban J connectivity index is 1.58. The van der Waals surface area contributed by atoms with Crippen LogP contribution in [-0.4, -0.2) is 15.5 Å². The SMILES string of the molecule is Cc1cccc2c(=O)n(CC(=O)Nc3ccc4ccccc4c3)cnc12. The van der Waals surface area contributed by atoms with Crippen LogP contribution in [0.3, 0.4) is 0 Å². The van der Waals surface area contributed by atoms with Crippen LogP contribution < -0.4 is 10.9 Å². The van der Waals surface area contributed by atoms with Crippen LogP contribution in [0.25, 0.3) is 21.7 Å². The van der Waals surface area contributed by atoms with Crippen LogP contribution in [0, 0.1) is 6.92 Å². The molecule has 0 saturated carbocycles. The van der Waals surface area contributed by atoms with E-state index in [4.69, 9.17) is 0 Å². The molecule has 0 saturated heterocycles. The highest BCUT2D eigenvalue weighted by Gasteiger charge is 2.09. The first kappa shape index (κ1) is 16.0. The smallest absolute Gasteiger partial charge is 0.261 e. The summed E-state index contributed by atoms with van der Waals surface area (Å²) in [5, 5.41) is 5.52. The third-order valence-corrected chi connectivity index (χ3v) is 4.40. The number of carbonyl (C=O) groups is 1. The number of aromatic nitrogens is 2. The van der Waals surface area contributed by atoms with Crippen molar-refractivity contribution in [2.45, 2.75) is 13.5 Å². The first-order chi connectivity index (χ1) is 12.6. The third kappa shape index (κ3) is 2.95. The second-order valence-electron chi connectivity index (χ2n) is 6.26. The summed E-state index contributed by atoms with van der Waals surface area (Å²) in [6.45, 7) is 1.83. The second kappa shape index (κ2) is 6.44. The fourth-order valence-electron chi connectivity index (χ4n) is 3.07. The standard InChI is InChI=1S/C21H17N3O2/c1-14-5-4-8-18-20(14)22-13-24(21(18)26)12-19(25)23-17-10-9-15-6-2-3-7-16(15)11-17/h2-11,13H,12H2,1H3,(H,23,25). The predicted octanol–water partition coefficient (Wildman–Crippen LogP) is 3.50. The molecule has 0 radical (unpaired) electrons. The number of amides is 1. The monoisotopic (exact) mass is 343 g/mol. The van der Waals surface area contributed by atoms with E-state index in [0.29, 0.717) is 16.6 Å². The van der Waals surface area contributed by atoms with Crippen molar-refractivity contribution in [1.29, 1.82) is 0 Å². The number of benzene rings is 3. The number of nitrogens with zero attached hydrogens (tertiary/aromatic N) is 2. The molecule has 1 aromatic heterocycles. The van der Waals surface area contributed by atoms with Gasteiger partial charge in [-0.05, 0) is 41.5 Å². The summed E-state index contributed by atoms with van der Waals surface area (Å²) in [6, 6.07) is 19.1. The van der Waals surface area contributed by atoms with E-state index in [2.05, 4.69) is 10.3 Å². The van der Waals surface area contributed by atoms with Crippen LogP contribution in [0.2, 0.25) is 0 Å². The van der Waals surface area contributed by atoms with Gasteiger partial charge in [0.2, 0.25) is 5.91 Å². The molecule has 1 heterocycles. The van der Waals surface area contributed by atoms with E-state index in [1.807, 2.05) is 61.5 Å². The lowest BCUT2D eigenvalue weighted by Gasteiger charge is -2.09. The second-order valence-corrected chi connectivity index (χ2v) is 6.26. The van der Waals surface area contributed by atoms with Crippen molar-refractivity contribution in [1.82, 2.24) is 9.55 Å². The van der Waals surface area contributed by atoms with E-state index < -0.39 is 0 Å². The number of aryl methyl sites for hydroxylation is 1. The molecule has 128 valence electrons. The number of rotatable bonds is 3. The van der Waals surface area contributed by atoms with Crippen molar-refractivity contribution in [2.24, 2.45) is 0 Å². The molecule has 0 aliphatic rings. The maximum Gasteiger partial charge on any atom is 0.261 e. The lowest BCUT2D eigenvalue weighted by molar-refractivity contribution is -0.116. The summed E-state index contributed by atoms with van der Waals surface area (Å²) < 4.78 is 1.33. The number of para-hydroxylation sites is 1. The van der Waals surface area contributed by atoms with Gasteiger partial charge >= 0.3 is 0 Å². The van der Waals surface area contributed by atoms with E-state index in [1.165, 1.54) is 10.9 Å². The lowest BCUT2D eigenvalue weighted by Crippen LogP contribution is -2.28. The summed E-state index contributed by atoms with van der Waals surface area (Å²) in [5.41, 5.74) is 2.09. The molecule has 1 N–H and O–H groups in total. The number of nitrogens with one attached hydrogen (secondary N) is 1. The van der Waals surface area contributed by atoms with E-state index in [0.717, 1.165) is 16.3 Å². The molecule has 0 bridgehead atoms. The largest absolute Gasteiger partial charge is 0.325 e. The number of hydrogen-bond acceptors (Lipinski definition) is 3. The highest BCUT2D eigenvalue weighted by molar-refractivity contribution is 5.94. The van der Waals surface area contributed by atoms with Crippen molar-refractivity contribution >= 4 is 33.3 Å². The van der Waals surface area contributed by atoms with Crippen LogP contribution in [-0.2, 0) is 11.3 Å². The summed E-state index contributed by atoms with van der Waals surface area (Å²) in [6.07, 6.45) is 1.43. The minimum absolute atomic E-state index is 0.0808. The number of fused-ring (bicyclic) bond motifs is 2. The summed E-state index contributed by atoms with van der Waals surface area (Å²) >= 11 is 0. The van der Waals surface area contributed by atoms with Crippen LogP contribution in [0.5, 0.6) is 0 Å². The third-order valence-electron chi connectivity index (χ3n) is 4.40. The molecule has 3 aromatic carbocycles. The van der Waals surface area contributed by atoms with Gasteiger partial charge in [0.1, 0.15) is 6.54 Å². The molecule has 0 spiro atoms. The van der Waals surface area contributed by atoms with Gasteiger partial charge in [-0.3, -0.25) is 14.2 Å². The molecule has 4 aromatic rings. The lowest BCUT2D eigenvalue weighted by atomic mass is 10.1. The topological polar surface area (TPSA) is 64.0 Å². The summed E-state index contributed by atoms with van der Waals surface area (Å²) in [5.74, 6) is -0.267. The normalized spacial score (nSPS) is 11.0. The van der Waals surface area contributed by atoms with Crippen molar-refractivity contribution in [3.63, 3.8) is 0 Å². The first-order valence-electron chi connectivity index (χ1n) is 8.35. The molecule has 0 unspecified atom stereocenters. The average Bonchev–Trinajstić information content (AvgIpc) is 2.64. The van der Waals surface area contributed by atoms with E-state index in [-0.39, 0.29) is 18.0 Å². The summed E-state index contributed by atoms with van der Waals surface area (Å²) in [7, 11) is 0. The molecule has 5 nitrogen and oxygen atoms in total. The van der Waals surface area contributed by atoms with Gasteiger partial charge in [-0.1, -0.05) is 42.5 Å². The van der Waals surface area contributed by atoms with Gasteiger partial charge in [0.15, 0.2) is 0 Å². The molecule has 0 atom stereocenters. The zero-order chi connectivity index (χ0) is 18.1. The molecule has 0 aliphatic heterocycles. The maximum absolute atomic E-state index is 12.6. The van der Waals surface area contributed by atoms with E-state index in [9.17, 15) is 9.59 Å². The number of carbonyl (C=O) groups excluding carboxylic acids is 1. The molecule has 1 amide bonds. The molecule has 0 fully saturated rings. The Labute approximate surface area is 149 Å². The van der Waals surface area contributed by atoms with Gasteiger partial charge in [0, 0.05) is 5.69 Å². The average molecular weight is 343 g/mol. The molecule has 26 heavy (non-hydrogen) atoms. The van der Waals surface area contributed by atoms with Crippen molar-refractivity contribution in [3.05, 3.63) is 82.9 Å². The Morgan fingerprint density at radius 3 is 2.69 bits per heavy atom. The highest BCUT2D eigenvalue weighted by atomic mass is 16.2. The van der Waals surface area contributed by atoms with E-state index >= 15 is 0 Å². The van der Waals surface area contributed by atoms with Gasteiger partial charge < -0.3 is 5.32 Å². The predicted molar refractivity (Wildman–Crippen MR) is 103 cm³/mol. The Morgan fingerprint density at radius 1 is 1.04 bits per heavy atom. The quantitative estimate of drug-likeness (QED) is 0.619. The fourth-order valence-corrected chi connectivity index (χ4v) is 3.07. The minimum Gasteiger partial charge on any atom is -0.325 e. The Kier molecular flexibility index (Phi) is 3.97. The Morgan fingerprint density at radius 2 is 1.85 bits per heavy atom. The van der Waals surface area contributed by atoms with Crippen LogP contribution in [0.4, 0.5) is 5.69 Å². The van der Waals surface area contributed by atoms with E-state index in [1.54, 1.807) is 6.07 Å². The zero-order valence-corrected chi connectivity index (χ0v) is 14.3. The van der Waals surface area contributed by atoms with Gasteiger partial charge in [-0.15, -0.1) is 0 Å². The van der Waals surface area contributed by atoms with Crippen LogP contribution in [0.15, 0.2) is 71.8 Å². The number of anilines is 1. The van der Waals surface area contributed by atoms with Gasteiger partial charge in [-0.25, -0.2) is 4.98 Å². The van der Waals surface area contributed by atoms with Gasteiger partial charge in [0.25, 0.3) is 5.56 Å². The van der Waals surface area contributed by atoms with Crippen LogP contribution >= 0.6 is 0 Å². The zero-order valence-electron chi connectivity index (χ0n) is 14.3. The molecule has 4 rings (SSSR count). The Bertz CT molecular complexity index is 1190. The summed E-state index contributed by atoms with van der Waals surface area (Å²) in [4.78, 5) is 29.3. The molecular formula is C21H17N3O2. The van der Waals surface area contributed by atoms with Gasteiger partial charge in [-0.2, -0.15) is 0 Å².